The Bertz CT molecular complexity index is 524. The molecule has 21 heavy (non-hydrogen) atoms. The summed E-state index contributed by atoms with van der Waals surface area (Å²) >= 11 is 3.65. The SMILES string of the molecule is CC(Br)C1CCN(C(=O)c2cccc3c2OCCO3)CC1. The second-order valence-corrected chi connectivity index (χ2v) is 7.08. The van der Waals surface area contributed by atoms with Crippen LogP contribution >= 0.6 is 15.9 Å². The molecule has 2 heterocycles. The maximum absolute atomic E-state index is 12.7. The van der Waals surface area contributed by atoms with Crippen molar-refractivity contribution in [2.45, 2.75) is 24.6 Å². The van der Waals surface area contributed by atoms with Crippen LogP contribution in [0.15, 0.2) is 18.2 Å². The van der Waals surface area contributed by atoms with E-state index in [1.807, 2.05) is 23.1 Å². The molecule has 0 saturated carbocycles. The van der Waals surface area contributed by atoms with Crippen molar-refractivity contribution < 1.29 is 14.3 Å². The predicted octanol–water partition coefficient (Wildman–Crippen LogP) is 3.09. The van der Waals surface area contributed by atoms with E-state index in [2.05, 4.69) is 22.9 Å². The highest BCUT2D eigenvalue weighted by Gasteiger charge is 2.28. The molecule has 1 amide bonds. The number of alkyl halides is 1. The number of likely N-dealkylation sites (tertiary alicyclic amines) is 1. The van der Waals surface area contributed by atoms with E-state index < -0.39 is 0 Å². The van der Waals surface area contributed by atoms with Gasteiger partial charge in [0.1, 0.15) is 13.2 Å². The maximum Gasteiger partial charge on any atom is 0.257 e. The number of piperidine rings is 1. The minimum Gasteiger partial charge on any atom is -0.486 e. The van der Waals surface area contributed by atoms with E-state index in [1.54, 1.807) is 0 Å². The van der Waals surface area contributed by atoms with Crippen LogP contribution in [0.3, 0.4) is 0 Å². The van der Waals surface area contributed by atoms with Crippen LogP contribution in [0, 0.1) is 5.92 Å². The summed E-state index contributed by atoms with van der Waals surface area (Å²) in [5.74, 6) is 1.98. The van der Waals surface area contributed by atoms with Gasteiger partial charge in [-0.05, 0) is 30.9 Å². The third-order valence-corrected chi connectivity index (χ3v) is 5.02. The summed E-state index contributed by atoms with van der Waals surface area (Å²) in [6.07, 6.45) is 2.09. The smallest absolute Gasteiger partial charge is 0.257 e. The largest absolute Gasteiger partial charge is 0.486 e. The molecule has 2 aliphatic heterocycles. The fourth-order valence-electron chi connectivity index (χ4n) is 2.97. The molecule has 0 bridgehead atoms. The van der Waals surface area contributed by atoms with Crippen molar-refractivity contribution >= 4 is 21.8 Å². The van der Waals surface area contributed by atoms with Crippen LogP contribution in [0.1, 0.15) is 30.1 Å². The normalized spacial score (nSPS) is 20.2. The number of hydrogen-bond donors (Lipinski definition) is 0. The zero-order valence-electron chi connectivity index (χ0n) is 12.2. The summed E-state index contributed by atoms with van der Waals surface area (Å²) in [7, 11) is 0. The van der Waals surface area contributed by atoms with Crippen molar-refractivity contribution in [1.29, 1.82) is 0 Å². The molecule has 2 aliphatic rings. The predicted molar refractivity (Wildman–Crippen MR) is 84.4 cm³/mol. The highest BCUT2D eigenvalue weighted by Crippen LogP contribution is 2.35. The number of nitrogens with zero attached hydrogens (tertiary/aromatic N) is 1. The maximum atomic E-state index is 12.7. The van der Waals surface area contributed by atoms with E-state index in [9.17, 15) is 4.79 Å². The summed E-state index contributed by atoms with van der Waals surface area (Å²) < 4.78 is 11.2. The van der Waals surface area contributed by atoms with E-state index in [0.717, 1.165) is 25.9 Å². The monoisotopic (exact) mass is 353 g/mol. The van der Waals surface area contributed by atoms with Gasteiger partial charge in [0.15, 0.2) is 11.5 Å². The number of carbonyl (C=O) groups is 1. The Balaban J connectivity index is 1.75. The third-order valence-electron chi connectivity index (χ3n) is 4.27. The Labute approximate surface area is 133 Å². The molecule has 1 saturated heterocycles. The first kappa shape index (κ1) is 14.7. The summed E-state index contributed by atoms with van der Waals surface area (Å²) in [5, 5.41) is 0. The fourth-order valence-corrected chi connectivity index (χ4v) is 3.50. The lowest BCUT2D eigenvalue weighted by Gasteiger charge is -2.34. The number of carbonyl (C=O) groups excluding carboxylic acids is 1. The van der Waals surface area contributed by atoms with Crippen LogP contribution in [-0.4, -0.2) is 41.9 Å². The van der Waals surface area contributed by atoms with Gasteiger partial charge in [-0.2, -0.15) is 0 Å². The molecule has 0 spiro atoms. The Kier molecular flexibility index (Phi) is 4.38. The molecule has 0 N–H and O–H groups in total. The van der Waals surface area contributed by atoms with E-state index in [0.29, 0.717) is 41.0 Å². The average Bonchev–Trinajstić information content (AvgIpc) is 2.53. The highest BCUT2D eigenvalue weighted by molar-refractivity contribution is 9.09. The van der Waals surface area contributed by atoms with Crippen molar-refractivity contribution in [3.63, 3.8) is 0 Å². The van der Waals surface area contributed by atoms with E-state index in [1.165, 1.54) is 0 Å². The average molecular weight is 354 g/mol. The molecule has 0 aliphatic carbocycles. The second-order valence-electron chi connectivity index (χ2n) is 5.64. The highest BCUT2D eigenvalue weighted by atomic mass is 79.9. The summed E-state index contributed by atoms with van der Waals surface area (Å²) in [6.45, 7) is 4.84. The molecule has 1 unspecified atom stereocenters. The van der Waals surface area contributed by atoms with E-state index in [4.69, 9.17) is 9.47 Å². The summed E-state index contributed by atoms with van der Waals surface area (Å²) in [5.41, 5.74) is 0.623. The Morgan fingerprint density at radius 1 is 1.29 bits per heavy atom. The molecule has 1 aromatic rings. The topological polar surface area (TPSA) is 38.8 Å². The molecular weight excluding hydrogens is 334 g/mol. The number of halogens is 1. The molecule has 0 radical (unpaired) electrons. The molecular formula is C16H20BrNO3. The molecule has 114 valence electrons. The summed E-state index contributed by atoms with van der Waals surface area (Å²) in [6, 6.07) is 5.53. The van der Waals surface area contributed by atoms with Gasteiger partial charge in [-0.3, -0.25) is 4.79 Å². The lowest BCUT2D eigenvalue weighted by Crippen LogP contribution is -2.40. The van der Waals surface area contributed by atoms with Gasteiger partial charge in [0.25, 0.3) is 5.91 Å². The van der Waals surface area contributed by atoms with Crippen LogP contribution < -0.4 is 9.47 Å². The minimum atomic E-state index is 0.0537. The number of rotatable bonds is 2. The zero-order valence-corrected chi connectivity index (χ0v) is 13.8. The Morgan fingerprint density at radius 2 is 2.00 bits per heavy atom. The van der Waals surface area contributed by atoms with Crippen molar-refractivity contribution in [3.8, 4) is 11.5 Å². The number of ether oxygens (including phenoxy) is 2. The third kappa shape index (κ3) is 3.03. The van der Waals surface area contributed by atoms with Crippen LogP contribution in [0.25, 0.3) is 0 Å². The minimum absolute atomic E-state index is 0.0537. The first-order valence-electron chi connectivity index (χ1n) is 7.49. The Hall–Kier alpha value is -1.23. The standard InChI is InChI=1S/C16H20BrNO3/c1-11(17)12-5-7-18(8-6-12)16(19)13-3-2-4-14-15(13)21-10-9-20-14/h2-4,11-12H,5-10H2,1H3. The number of benzene rings is 1. The van der Waals surface area contributed by atoms with Gasteiger partial charge in [-0.15, -0.1) is 0 Å². The molecule has 1 aromatic carbocycles. The van der Waals surface area contributed by atoms with Gasteiger partial charge in [-0.25, -0.2) is 0 Å². The van der Waals surface area contributed by atoms with Crippen LogP contribution in [-0.2, 0) is 0 Å². The summed E-state index contributed by atoms with van der Waals surface area (Å²) in [4.78, 5) is 15.2. The first-order valence-corrected chi connectivity index (χ1v) is 8.40. The van der Waals surface area contributed by atoms with Crippen LogP contribution in [0.5, 0.6) is 11.5 Å². The molecule has 0 aromatic heterocycles. The van der Waals surface area contributed by atoms with Gasteiger partial charge >= 0.3 is 0 Å². The quantitative estimate of drug-likeness (QED) is 0.767. The molecule has 1 atom stereocenters. The molecule has 4 nitrogen and oxygen atoms in total. The van der Waals surface area contributed by atoms with E-state index >= 15 is 0 Å². The lowest BCUT2D eigenvalue weighted by molar-refractivity contribution is 0.0681. The van der Waals surface area contributed by atoms with Crippen molar-refractivity contribution in [3.05, 3.63) is 23.8 Å². The second kappa shape index (κ2) is 6.26. The lowest BCUT2D eigenvalue weighted by atomic mass is 9.94. The zero-order chi connectivity index (χ0) is 14.8. The Morgan fingerprint density at radius 3 is 2.71 bits per heavy atom. The number of para-hydroxylation sites is 1. The van der Waals surface area contributed by atoms with Gasteiger partial charge in [-0.1, -0.05) is 28.9 Å². The molecule has 5 heteroatoms. The number of fused-ring (bicyclic) bond motifs is 1. The van der Waals surface area contributed by atoms with Crippen molar-refractivity contribution in [2.75, 3.05) is 26.3 Å². The van der Waals surface area contributed by atoms with Crippen LogP contribution in [0.4, 0.5) is 0 Å². The first-order chi connectivity index (χ1) is 10.2. The number of hydrogen-bond acceptors (Lipinski definition) is 3. The van der Waals surface area contributed by atoms with Crippen LogP contribution in [0.2, 0.25) is 0 Å². The molecule has 1 fully saturated rings. The van der Waals surface area contributed by atoms with Gasteiger partial charge in [0.2, 0.25) is 0 Å². The fraction of sp³-hybridized carbons (Fsp3) is 0.562. The van der Waals surface area contributed by atoms with Gasteiger partial charge < -0.3 is 14.4 Å². The van der Waals surface area contributed by atoms with Crippen molar-refractivity contribution in [1.82, 2.24) is 4.90 Å². The van der Waals surface area contributed by atoms with E-state index in [-0.39, 0.29) is 5.91 Å². The molecule has 3 rings (SSSR count). The van der Waals surface area contributed by atoms with Gasteiger partial charge in [0.05, 0.1) is 5.56 Å². The van der Waals surface area contributed by atoms with Gasteiger partial charge in [0, 0.05) is 17.9 Å². The van der Waals surface area contributed by atoms with Crippen molar-refractivity contribution in [2.24, 2.45) is 5.92 Å². The number of amides is 1.